The Bertz CT molecular complexity index is 731. The maximum absolute atomic E-state index is 11.8. The van der Waals surface area contributed by atoms with Gasteiger partial charge in [-0.25, -0.2) is 8.42 Å². The molecule has 0 bridgehead atoms. The average Bonchev–Trinajstić information content (AvgIpc) is 2.79. The summed E-state index contributed by atoms with van der Waals surface area (Å²) < 4.78 is 23.7. The maximum atomic E-state index is 11.8. The Morgan fingerprint density at radius 3 is 2.10 bits per heavy atom. The van der Waals surface area contributed by atoms with Crippen LogP contribution < -0.4 is 4.90 Å². The lowest BCUT2D eigenvalue weighted by atomic mass is 9.94. The van der Waals surface area contributed by atoms with Gasteiger partial charge in [0.05, 0.1) is 11.0 Å². The van der Waals surface area contributed by atoms with Crippen LogP contribution in [0.25, 0.3) is 0 Å². The van der Waals surface area contributed by atoms with Crippen molar-refractivity contribution >= 4 is 15.5 Å². The Balaban J connectivity index is 1.30. The molecule has 1 saturated heterocycles. The molecule has 0 unspecified atom stereocenters. The molecule has 176 valence electrons. The number of rotatable bonds is 11. The van der Waals surface area contributed by atoms with Gasteiger partial charge < -0.3 is 4.90 Å². The quantitative estimate of drug-likeness (QED) is 0.422. The van der Waals surface area contributed by atoms with E-state index in [1.807, 2.05) is 0 Å². The van der Waals surface area contributed by atoms with Gasteiger partial charge in [0.15, 0.2) is 9.84 Å². The van der Waals surface area contributed by atoms with Crippen molar-refractivity contribution in [2.24, 2.45) is 0 Å². The summed E-state index contributed by atoms with van der Waals surface area (Å²) in [5, 5.41) is -0.240. The van der Waals surface area contributed by atoms with Crippen molar-refractivity contribution < 1.29 is 8.42 Å². The fourth-order valence-electron chi connectivity index (χ4n) is 5.06. The SMILES string of the molecule is CC(C)S(=O)(=O)CCCCCCCc1ccc(N2CCN(C3CCCCC3)CC2)cc1. The van der Waals surface area contributed by atoms with E-state index in [1.165, 1.54) is 69.3 Å². The van der Waals surface area contributed by atoms with E-state index in [2.05, 4.69) is 34.1 Å². The molecule has 1 aliphatic heterocycles. The molecule has 0 N–H and O–H groups in total. The average molecular weight is 449 g/mol. The summed E-state index contributed by atoms with van der Waals surface area (Å²) in [4.78, 5) is 5.29. The summed E-state index contributed by atoms with van der Waals surface area (Å²) in [5.41, 5.74) is 2.80. The van der Waals surface area contributed by atoms with Crippen LogP contribution in [0.2, 0.25) is 0 Å². The van der Waals surface area contributed by atoms with Crippen molar-refractivity contribution in [3.8, 4) is 0 Å². The van der Waals surface area contributed by atoms with E-state index in [-0.39, 0.29) is 5.25 Å². The van der Waals surface area contributed by atoms with Crippen LogP contribution in [0.5, 0.6) is 0 Å². The van der Waals surface area contributed by atoms with E-state index >= 15 is 0 Å². The van der Waals surface area contributed by atoms with Gasteiger partial charge in [-0.15, -0.1) is 0 Å². The third kappa shape index (κ3) is 7.78. The van der Waals surface area contributed by atoms with Crippen LogP contribution in [0.1, 0.15) is 83.6 Å². The number of sulfone groups is 1. The van der Waals surface area contributed by atoms with Crippen molar-refractivity contribution in [2.45, 2.75) is 95.8 Å². The molecular formula is C26H44N2O2S. The summed E-state index contributed by atoms with van der Waals surface area (Å²) in [7, 11) is -2.86. The Kier molecular flexibility index (Phi) is 9.71. The molecular weight excluding hydrogens is 404 g/mol. The highest BCUT2D eigenvalue weighted by Gasteiger charge is 2.25. The number of piperazine rings is 1. The molecule has 0 spiro atoms. The van der Waals surface area contributed by atoms with Gasteiger partial charge in [0.2, 0.25) is 0 Å². The molecule has 31 heavy (non-hydrogen) atoms. The predicted octanol–water partition coefficient (Wildman–Crippen LogP) is 5.46. The van der Waals surface area contributed by atoms with Crippen LogP contribution in [-0.4, -0.2) is 56.5 Å². The molecule has 0 atom stereocenters. The second-order valence-electron chi connectivity index (χ2n) is 9.91. The fraction of sp³-hybridized carbons (Fsp3) is 0.769. The topological polar surface area (TPSA) is 40.6 Å². The Morgan fingerprint density at radius 1 is 0.839 bits per heavy atom. The molecule has 0 amide bonds. The molecule has 1 aromatic carbocycles. The van der Waals surface area contributed by atoms with Crippen LogP contribution in [0.15, 0.2) is 24.3 Å². The zero-order valence-electron chi connectivity index (χ0n) is 19.9. The van der Waals surface area contributed by atoms with Crippen LogP contribution in [0.4, 0.5) is 5.69 Å². The highest BCUT2D eigenvalue weighted by Crippen LogP contribution is 2.25. The molecule has 3 rings (SSSR count). The molecule has 1 heterocycles. The van der Waals surface area contributed by atoms with E-state index < -0.39 is 9.84 Å². The van der Waals surface area contributed by atoms with E-state index in [1.54, 1.807) is 13.8 Å². The van der Waals surface area contributed by atoms with Crippen LogP contribution >= 0.6 is 0 Å². The van der Waals surface area contributed by atoms with E-state index in [9.17, 15) is 8.42 Å². The largest absolute Gasteiger partial charge is 0.369 e. The zero-order chi connectivity index (χ0) is 22.1. The Morgan fingerprint density at radius 2 is 1.45 bits per heavy atom. The molecule has 0 aromatic heterocycles. The molecule has 0 radical (unpaired) electrons. The first kappa shape index (κ1) is 24.6. The summed E-state index contributed by atoms with van der Waals surface area (Å²) in [6, 6.07) is 10.1. The number of aryl methyl sites for hydroxylation is 1. The van der Waals surface area contributed by atoms with Crippen molar-refractivity contribution in [1.82, 2.24) is 4.90 Å². The summed E-state index contributed by atoms with van der Waals surface area (Å²) in [6.07, 6.45) is 13.6. The van der Waals surface area contributed by atoms with Gasteiger partial charge in [0.25, 0.3) is 0 Å². The molecule has 2 aliphatic rings. The normalized spacial score (nSPS) is 19.3. The monoisotopic (exact) mass is 448 g/mol. The molecule has 1 saturated carbocycles. The third-order valence-corrected chi connectivity index (χ3v) is 9.61. The molecule has 5 heteroatoms. The van der Waals surface area contributed by atoms with Gasteiger partial charge in [-0.3, -0.25) is 4.90 Å². The summed E-state index contributed by atoms with van der Waals surface area (Å²) >= 11 is 0. The first-order valence-electron chi connectivity index (χ1n) is 12.8. The number of hydrogen-bond acceptors (Lipinski definition) is 4. The first-order valence-corrected chi connectivity index (χ1v) is 14.5. The fourth-order valence-corrected chi connectivity index (χ4v) is 6.14. The lowest BCUT2D eigenvalue weighted by Crippen LogP contribution is -2.50. The van der Waals surface area contributed by atoms with Crippen molar-refractivity contribution in [2.75, 3.05) is 36.8 Å². The van der Waals surface area contributed by atoms with E-state index in [0.29, 0.717) is 5.75 Å². The molecule has 2 fully saturated rings. The smallest absolute Gasteiger partial charge is 0.152 e. The van der Waals surface area contributed by atoms with Gasteiger partial charge >= 0.3 is 0 Å². The Hall–Kier alpha value is -1.07. The van der Waals surface area contributed by atoms with E-state index in [4.69, 9.17) is 0 Å². The standard InChI is InChI=1S/C26H44N2O2S/c1-23(2)31(29,30)22-10-5-3-4-7-11-24-14-16-26(17-15-24)28-20-18-27(19-21-28)25-12-8-6-9-13-25/h14-17,23,25H,3-13,18-22H2,1-2H3. The number of benzene rings is 1. The van der Waals surface area contributed by atoms with E-state index in [0.717, 1.165) is 44.8 Å². The lowest BCUT2D eigenvalue weighted by molar-refractivity contribution is 0.148. The predicted molar refractivity (Wildman–Crippen MR) is 133 cm³/mol. The highest BCUT2D eigenvalue weighted by atomic mass is 32.2. The third-order valence-electron chi connectivity index (χ3n) is 7.32. The summed E-state index contributed by atoms with van der Waals surface area (Å²) in [6.45, 7) is 8.29. The molecule has 4 nitrogen and oxygen atoms in total. The minimum Gasteiger partial charge on any atom is -0.369 e. The maximum Gasteiger partial charge on any atom is 0.152 e. The van der Waals surface area contributed by atoms with Crippen LogP contribution in [-0.2, 0) is 16.3 Å². The second-order valence-corrected chi connectivity index (χ2v) is 12.6. The Labute approximate surface area is 191 Å². The number of anilines is 1. The van der Waals surface area contributed by atoms with Gasteiger partial charge in [0.1, 0.15) is 0 Å². The van der Waals surface area contributed by atoms with Gasteiger partial charge in [-0.05, 0) is 63.6 Å². The van der Waals surface area contributed by atoms with Crippen LogP contribution in [0.3, 0.4) is 0 Å². The van der Waals surface area contributed by atoms with Crippen LogP contribution in [0, 0.1) is 0 Å². The summed E-state index contributed by atoms with van der Waals surface area (Å²) in [5.74, 6) is 0.348. The van der Waals surface area contributed by atoms with Crippen molar-refractivity contribution in [3.63, 3.8) is 0 Å². The number of nitrogens with zero attached hydrogens (tertiary/aromatic N) is 2. The number of hydrogen-bond donors (Lipinski definition) is 0. The lowest BCUT2D eigenvalue weighted by Gasteiger charge is -2.41. The zero-order valence-corrected chi connectivity index (χ0v) is 20.7. The first-order chi connectivity index (χ1) is 15.0. The molecule has 1 aliphatic carbocycles. The number of unbranched alkanes of at least 4 members (excludes halogenated alkanes) is 4. The minimum absolute atomic E-state index is 0.240. The second kappa shape index (κ2) is 12.2. The van der Waals surface area contributed by atoms with Crippen molar-refractivity contribution in [3.05, 3.63) is 29.8 Å². The van der Waals surface area contributed by atoms with Crippen molar-refractivity contribution in [1.29, 1.82) is 0 Å². The molecule has 1 aromatic rings. The van der Waals surface area contributed by atoms with Gasteiger partial charge in [-0.2, -0.15) is 0 Å². The van der Waals surface area contributed by atoms with Gasteiger partial charge in [-0.1, -0.05) is 50.7 Å². The minimum atomic E-state index is -2.86. The highest BCUT2D eigenvalue weighted by molar-refractivity contribution is 7.91. The van der Waals surface area contributed by atoms with Gasteiger partial charge in [0, 0.05) is 37.9 Å².